The molecule has 0 saturated heterocycles. The molecule has 0 N–H and O–H groups in total. The molecule has 0 fully saturated rings. The summed E-state index contributed by atoms with van der Waals surface area (Å²) in [7, 11) is 0. The lowest BCUT2D eigenvalue weighted by molar-refractivity contribution is -0.119. The van der Waals surface area contributed by atoms with Crippen molar-refractivity contribution in [3.05, 3.63) is 113 Å². The largest absolute Gasteiger partial charge is 0.308 e. The number of nitrogens with zero attached hydrogens (tertiary/aromatic N) is 1. The second-order valence-corrected chi connectivity index (χ2v) is 8.36. The summed E-state index contributed by atoms with van der Waals surface area (Å²) in [6, 6.07) is 29.8. The van der Waals surface area contributed by atoms with Gasteiger partial charge < -0.3 is 4.90 Å². The maximum absolute atomic E-state index is 13.4. The maximum Gasteiger partial charge on any atom is 0.228 e. The first-order valence-corrected chi connectivity index (χ1v) is 10.5. The van der Waals surface area contributed by atoms with Crippen molar-refractivity contribution in [1.29, 1.82) is 0 Å². The Hall–Kier alpha value is -3.39. The third kappa shape index (κ3) is 3.29. The molecule has 0 spiro atoms. The van der Waals surface area contributed by atoms with Crippen molar-refractivity contribution in [1.82, 2.24) is 0 Å². The molecule has 1 amide bonds. The summed E-state index contributed by atoms with van der Waals surface area (Å²) in [5.41, 5.74) is 7.14. The molecular weight excluding hydrogens is 366 g/mol. The Labute approximate surface area is 177 Å². The van der Waals surface area contributed by atoms with Crippen LogP contribution < -0.4 is 4.90 Å². The van der Waals surface area contributed by atoms with Gasteiger partial charge in [0.1, 0.15) is 0 Å². The van der Waals surface area contributed by atoms with Crippen LogP contribution in [0.3, 0.4) is 0 Å². The maximum atomic E-state index is 13.4. The topological polar surface area (TPSA) is 20.3 Å². The van der Waals surface area contributed by atoms with Crippen molar-refractivity contribution in [2.45, 2.75) is 32.7 Å². The molecule has 2 heteroatoms. The summed E-state index contributed by atoms with van der Waals surface area (Å²) in [6.45, 7) is 4.80. The van der Waals surface area contributed by atoms with Crippen LogP contribution in [0.2, 0.25) is 0 Å². The minimum Gasteiger partial charge on any atom is -0.308 e. The van der Waals surface area contributed by atoms with Crippen LogP contribution in [-0.4, -0.2) is 5.91 Å². The first kappa shape index (κ1) is 18.6. The normalized spacial score (nSPS) is 16.0. The second-order valence-electron chi connectivity index (χ2n) is 8.36. The molecule has 0 radical (unpaired) electrons. The van der Waals surface area contributed by atoms with E-state index < -0.39 is 0 Å². The number of amides is 1. The number of aryl methyl sites for hydroxylation is 2. The highest BCUT2D eigenvalue weighted by atomic mass is 16.2. The molecule has 148 valence electrons. The number of hydrogen-bond donors (Lipinski definition) is 0. The number of carbonyl (C=O) groups excluding carboxylic acids is 1. The number of benzene rings is 4. The van der Waals surface area contributed by atoms with Crippen LogP contribution in [0, 0.1) is 13.8 Å². The van der Waals surface area contributed by atoms with Crippen LogP contribution in [0.15, 0.2) is 84.9 Å². The van der Waals surface area contributed by atoms with E-state index in [1.165, 1.54) is 33.0 Å². The summed E-state index contributed by atoms with van der Waals surface area (Å²) in [5, 5.41) is 2.46. The highest BCUT2D eigenvalue weighted by Crippen LogP contribution is 2.44. The van der Waals surface area contributed by atoms with Gasteiger partial charge in [-0.25, -0.2) is 0 Å². The van der Waals surface area contributed by atoms with Gasteiger partial charge in [0.05, 0.1) is 6.54 Å². The first-order valence-electron chi connectivity index (χ1n) is 10.5. The van der Waals surface area contributed by atoms with Crippen molar-refractivity contribution in [3.63, 3.8) is 0 Å². The Morgan fingerprint density at radius 3 is 2.43 bits per heavy atom. The van der Waals surface area contributed by atoms with Crippen LogP contribution in [0.25, 0.3) is 10.8 Å². The van der Waals surface area contributed by atoms with Crippen molar-refractivity contribution >= 4 is 22.4 Å². The fourth-order valence-corrected chi connectivity index (χ4v) is 4.63. The summed E-state index contributed by atoms with van der Waals surface area (Å²) in [5.74, 6) is 0.262. The molecule has 1 aliphatic rings. The van der Waals surface area contributed by atoms with Crippen molar-refractivity contribution in [2.24, 2.45) is 0 Å². The Kier molecular flexibility index (Phi) is 4.63. The quantitative estimate of drug-likeness (QED) is 0.389. The van der Waals surface area contributed by atoms with Crippen LogP contribution in [0.4, 0.5) is 5.69 Å². The summed E-state index contributed by atoms with van der Waals surface area (Å²) in [6.07, 6.45) is 0.496. The van der Waals surface area contributed by atoms with Gasteiger partial charge in [0.15, 0.2) is 0 Å². The van der Waals surface area contributed by atoms with E-state index >= 15 is 0 Å². The zero-order valence-electron chi connectivity index (χ0n) is 17.4. The van der Waals surface area contributed by atoms with Gasteiger partial charge in [-0.3, -0.25) is 4.79 Å². The van der Waals surface area contributed by atoms with Crippen LogP contribution >= 0.6 is 0 Å². The highest BCUT2D eigenvalue weighted by molar-refractivity contribution is 6.03. The lowest BCUT2D eigenvalue weighted by atomic mass is 9.81. The summed E-state index contributed by atoms with van der Waals surface area (Å²) < 4.78 is 0. The smallest absolute Gasteiger partial charge is 0.228 e. The predicted octanol–water partition coefficient (Wildman–Crippen LogP) is 6.53. The molecule has 0 saturated carbocycles. The molecule has 30 heavy (non-hydrogen) atoms. The molecule has 1 aliphatic heterocycles. The molecule has 2 nitrogen and oxygen atoms in total. The average molecular weight is 392 g/mol. The SMILES string of the molecule is Cc1ccc(CN2C(=O)CC(c3cccc(C)c3)c3c2ccc2ccccc32)cc1. The Morgan fingerprint density at radius 1 is 0.833 bits per heavy atom. The number of rotatable bonds is 3. The van der Waals surface area contributed by atoms with Crippen molar-refractivity contribution < 1.29 is 4.79 Å². The van der Waals surface area contributed by atoms with E-state index in [0.717, 1.165) is 11.3 Å². The number of carbonyl (C=O) groups is 1. The van der Waals surface area contributed by atoms with Gasteiger partial charge >= 0.3 is 0 Å². The van der Waals surface area contributed by atoms with Crippen molar-refractivity contribution in [2.75, 3.05) is 4.90 Å². The van der Waals surface area contributed by atoms with Gasteiger partial charge in [0.2, 0.25) is 5.91 Å². The molecule has 4 aromatic carbocycles. The molecule has 1 unspecified atom stereocenters. The Morgan fingerprint density at radius 2 is 1.63 bits per heavy atom. The minimum absolute atomic E-state index is 0.0766. The lowest BCUT2D eigenvalue weighted by Gasteiger charge is -2.35. The number of fused-ring (bicyclic) bond motifs is 3. The summed E-state index contributed by atoms with van der Waals surface area (Å²) >= 11 is 0. The van der Waals surface area contributed by atoms with E-state index in [9.17, 15) is 4.79 Å². The highest BCUT2D eigenvalue weighted by Gasteiger charge is 2.33. The zero-order chi connectivity index (χ0) is 20.7. The van der Waals surface area contributed by atoms with E-state index in [0.29, 0.717) is 13.0 Å². The van der Waals surface area contributed by atoms with E-state index in [2.05, 4.69) is 98.8 Å². The van der Waals surface area contributed by atoms with Gasteiger partial charge in [-0.05, 0) is 47.4 Å². The van der Waals surface area contributed by atoms with Crippen LogP contribution in [-0.2, 0) is 11.3 Å². The first-order chi connectivity index (χ1) is 14.6. The van der Waals surface area contributed by atoms with Crippen LogP contribution in [0.1, 0.15) is 40.2 Å². The standard InChI is InChI=1S/C28H25NO/c1-19-10-12-21(13-11-19)18-29-26-15-14-22-7-3-4-9-24(22)28(26)25(17-27(29)30)23-8-5-6-20(2)16-23/h3-16,25H,17-18H2,1-2H3. The van der Waals surface area contributed by atoms with E-state index in [4.69, 9.17) is 0 Å². The number of hydrogen-bond acceptors (Lipinski definition) is 1. The second kappa shape index (κ2) is 7.46. The molecule has 0 aromatic heterocycles. The number of anilines is 1. The van der Waals surface area contributed by atoms with Gasteiger partial charge in [-0.2, -0.15) is 0 Å². The van der Waals surface area contributed by atoms with Gasteiger partial charge in [-0.1, -0.05) is 90.0 Å². The van der Waals surface area contributed by atoms with Gasteiger partial charge in [0.25, 0.3) is 0 Å². The predicted molar refractivity (Wildman–Crippen MR) is 124 cm³/mol. The zero-order valence-corrected chi connectivity index (χ0v) is 17.4. The van der Waals surface area contributed by atoms with E-state index in [1.54, 1.807) is 0 Å². The molecule has 1 atom stereocenters. The minimum atomic E-state index is 0.0766. The van der Waals surface area contributed by atoms with Gasteiger partial charge in [-0.15, -0.1) is 0 Å². The molecule has 4 aromatic rings. The molecule has 5 rings (SSSR count). The molecule has 0 bridgehead atoms. The monoisotopic (exact) mass is 391 g/mol. The Bertz CT molecular complexity index is 1240. The fourth-order valence-electron chi connectivity index (χ4n) is 4.63. The third-order valence-electron chi connectivity index (χ3n) is 6.17. The average Bonchev–Trinajstić information content (AvgIpc) is 2.76. The van der Waals surface area contributed by atoms with E-state index in [1.807, 2.05) is 4.90 Å². The van der Waals surface area contributed by atoms with E-state index in [-0.39, 0.29) is 11.8 Å². The third-order valence-corrected chi connectivity index (χ3v) is 6.17. The molecule has 1 heterocycles. The van der Waals surface area contributed by atoms with Crippen LogP contribution in [0.5, 0.6) is 0 Å². The lowest BCUT2D eigenvalue weighted by Crippen LogP contribution is -2.36. The molecular formula is C28H25NO. The fraction of sp³-hybridized carbons (Fsp3) is 0.179. The van der Waals surface area contributed by atoms with Gasteiger partial charge in [0, 0.05) is 18.0 Å². The molecule has 0 aliphatic carbocycles. The van der Waals surface area contributed by atoms with Crippen molar-refractivity contribution in [3.8, 4) is 0 Å². The Balaban J connectivity index is 1.68. The summed E-state index contributed by atoms with van der Waals surface area (Å²) in [4.78, 5) is 15.3.